The van der Waals surface area contributed by atoms with Crippen molar-refractivity contribution in [1.82, 2.24) is 5.32 Å². The molecule has 0 saturated heterocycles. The summed E-state index contributed by atoms with van der Waals surface area (Å²) in [5, 5.41) is 10.8. The Kier molecular flexibility index (Phi) is 7.02. The lowest BCUT2D eigenvalue weighted by molar-refractivity contribution is -0.159. The van der Waals surface area contributed by atoms with Crippen LogP contribution in [-0.4, -0.2) is 39.5 Å². The highest BCUT2D eigenvalue weighted by molar-refractivity contribution is 14.1. The fourth-order valence-electron chi connectivity index (χ4n) is 0.771. The molecule has 0 fully saturated rings. The van der Waals surface area contributed by atoms with Crippen LogP contribution in [-0.2, 0) is 19.1 Å². The molecule has 0 saturated carbocycles. The van der Waals surface area contributed by atoms with Crippen molar-refractivity contribution in [3.05, 3.63) is 0 Å². The highest BCUT2D eigenvalue weighted by Gasteiger charge is 2.30. The Hall–Kier alpha value is -0.860. The van der Waals surface area contributed by atoms with Crippen LogP contribution in [0, 0.1) is 0 Å². The average Bonchev–Trinajstić information content (AvgIpc) is 2.24. The fraction of sp³-hybridized carbons (Fsp3) is 0.667. The van der Waals surface area contributed by atoms with Crippen molar-refractivity contribution in [3.8, 4) is 0 Å². The molecule has 2 atom stereocenters. The van der Waals surface area contributed by atoms with Crippen molar-refractivity contribution in [2.75, 3.05) is 4.43 Å². The van der Waals surface area contributed by atoms with Crippen LogP contribution in [0.4, 0.5) is 0 Å². The number of carbonyl (C=O) groups excluding carboxylic acids is 2. The number of hydrogen-bond donors (Lipinski definition) is 2. The molecule has 0 aliphatic rings. The number of alkyl halides is 1. The van der Waals surface area contributed by atoms with Gasteiger partial charge in [-0.25, -0.2) is 9.59 Å². The van der Waals surface area contributed by atoms with E-state index in [9.17, 15) is 14.4 Å². The smallest absolute Gasteiger partial charge is 0.340 e. The second-order valence-electron chi connectivity index (χ2n) is 3.13. The van der Waals surface area contributed by atoms with Gasteiger partial charge in [0.05, 0.1) is 10.5 Å². The normalized spacial score (nSPS) is 13.7. The number of carboxylic acid groups (broad SMARTS) is 1. The quantitative estimate of drug-likeness (QED) is 0.314. The number of esters is 1. The molecule has 0 aromatic rings. The maximum absolute atomic E-state index is 11.4. The van der Waals surface area contributed by atoms with Crippen LogP contribution in [0.15, 0.2) is 0 Å². The predicted octanol–water partition coefficient (Wildman–Crippen LogP) is 0.333. The largest absolute Gasteiger partial charge is 0.479 e. The summed E-state index contributed by atoms with van der Waals surface area (Å²) in [6.07, 6.45) is 0.212. The number of aliphatic carboxylic acids is 1. The maximum Gasteiger partial charge on any atom is 0.340 e. The summed E-state index contributed by atoms with van der Waals surface area (Å²) in [7, 11) is 0. The minimum absolute atomic E-state index is 0.0815. The van der Waals surface area contributed by atoms with E-state index in [0.717, 1.165) is 0 Å². The summed E-state index contributed by atoms with van der Waals surface area (Å²) in [6.45, 7) is 3.45. The van der Waals surface area contributed by atoms with E-state index >= 15 is 0 Å². The van der Waals surface area contributed by atoms with E-state index in [1.165, 1.54) is 0 Å². The van der Waals surface area contributed by atoms with Crippen molar-refractivity contribution in [1.29, 1.82) is 0 Å². The SMILES string of the molecule is CCC(C)OC(=O)C(NC(=O)CI)C(=O)O. The van der Waals surface area contributed by atoms with E-state index in [-0.39, 0.29) is 10.5 Å². The van der Waals surface area contributed by atoms with Crippen LogP contribution in [0.5, 0.6) is 0 Å². The molecule has 7 heteroatoms. The summed E-state index contributed by atoms with van der Waals surface area (Å²) in [6, 6.07) is -1.63. The first-order valence-electron chi connectivity index (χ1n) is 4.71. The zero-order chi connectivity index (χ0) is 12.7. The molecule has 2 N–H and O–H groups in total. The Bertz CT molecular complexity index is 281. The summed E-state index contributed by atoms with van der Waals surface area (Å²) in [5.74, 6) is -2.89. The third kappa shape index (κ3) is 5.29. The molecule has 1 amide bonds. The molecule has 0 bridgehead atoms. The van der Waals surface area contributed by atoms with Crippen LogP contribution in [0.25, 0.3) is 0 Å². The van der Waals surface area contributed by atoms with Gasteiger partial charge in [-0.3, -0.25) is 4.79 Å². The Morgan fingerprint density at radius 1 is 1.44 bits per heavy atom. The average molecular weight is 343 g/mol. The van der Waals surface area contributed by atoms with E-state index in [2.05, 4.69) is 5.32 Å². The molecule has 0 radical (unpaired) electrons. The van der Waals surface area contributed by atoms with Crippen LogP contribution in [0.1, 0.15) is 20.3 Å². The highest BCUT2D eigenvalue weighted by atomic mass is 127. The van der Waals surface area contributed by atoms with Crippen molar-refractivity contribution < 1.29 is 24.2 Å². The van der Waals surface area contributed by atoms with Gasteiger partial charge in [-0.05, 0) is 13.3 Å². The molecular weight excluding hydrogens is 329 g/mol. The van der Waals surface area contributed by atoms with E-state index in [1.54, 1.807) is 36.4 Å². The Morgan fingerprint density at radius 2 is 2.00 bits per heavy atom. The first-order valence-corrected chi connectivity index (χ1v) is 6.23. The third-order valence-electron chi connectivity index (χ3n) is 1.80. The first kappa shape index (κ1) is 15.1. The van der Waals surface area contributed by atoms with E-state index < -0.39 is 23.9 Å². The van der Waals surface area contributed by atoms with Crippen LogP contribution in [0.2, 0.25) is 0 Å². The minimum atomic E-state index is -1.63. The Morgan fingerprint density at radius 3 is 2.38 bits per heavy atom. The summed E-state index contributed by atoms with van der Waals surface area (Å²) in [5.41, 5.74) is 0. The number of hydrogen-bond acceptors (Lipinski definition) is 4. The minimum Gasteiger partial charge on any atom is -0.479 e. The van der Waals surface area contributed by atoms with E-state index in [1.807, 2.05) is 0 Å². The lowest BCUT2D eigenvalue weighted by atomic mass is 10.2. The third-order valence-corrected chi connectivity index (χ3v) is 2.49. The molecule has 0 heterocycles. The molecular formula is C9H14INO5. The Balaban J connectivity index is 4.47. The number of carbonyl (C=O) groups is 3. The first-order chi connectivity index (χ1) is 7.42. The maximum atomic E-state index is 11.4. The lowest BCUT2D eigenvalue weighted by Crippen LogP contribution is -2.48. The second-order valence-corrected chi connectivity index (χ2v) is 3.89. The standard InChI is InChI=1S/C9H14INO5/c1-3-5(2)16-9(15)7(8(13)14)11-6(12)4-10/h5,7H,3-4H2,1-2H3,(H,11,12)(H,13,14). The molecule has 2 unspecified atom stereocenters. The molecule has 0 aliphatic heterocycles. The zero-order valence-electron chi connectivity index (χ0n) is 9.03. The molecule has 0 aromatic heterocycles. The predicted molar refractivity (Wildman–Crippen MR) is 64.3 cm³/mol. The molecule has 6 nitrogen and oxygen atoms in total. The van der Waals surface area contributed by atoms with Gasteiger partial charge in [-0.2, -0.15) is 0 Å². The molecule has 0 spiro atoms. The number of carboxylic acids is 1. The van der Waals surface area contributed by atoms with Gasteiger partial charge in [0.25, 0.3) is 0 Å². The van der Waals surface area contributed by atoms with Gasteiger partial charge in [0.2, 0.25) is 11.9 Å². The second kappa shape index (κ2) is 7.42. The van der Waals surface area contributed by atoms with Gasteiger partial charge >= 0.3 is 11.9 Å². The number of ether oxygens (including phenoxy) is 1. The summed E-state index contributed by atoms with van der Waals surface area (Å²) >= 11 is 1.77. The van der Waals surface area contributed by atoms with Crippen molar-refractivity contribution in [2.24, 2.45) is 0 Å². The Labute approximate surface area is 107 Å². The fourth-order valence-corrected chi connectivity index (χ4v) is 0.991. The van der Waals surface area contributed by atoms with Crippen LogP contribution < -0.4 is 5.32 Å². The number of nitrogens with one attached hydrogen (secondary N) is 1. The molecule has 0 aliphatic carbocycles. The van der Waals surface area contributed by atoms with Gasteiger partial charge in [0.15, 0.2) is 0 Å². The van der Waals surface area contributed by atoms with Gasteiger partial charge in [-0.15, -0.1) is 0 Å². The van der Waals surface area contributed by atoms with Crippen molar-refractivity contribution >= 4 is 40.4 Å². The summed E-state index contributed by atoms with van der Waals surface area (Å²) < 4.78 is 4.91. The molecule has 92 valence electrons. The van der Waals surface area contributed by atoms with Gasteiger partial charge in [-0.1, -0.05) is 29.5 Å². The van der Waals surface area contributed by atoms with Gasteiger partial charge in [0.1, 0.15) is 0 Å². The molecule has 16 heavy (non-hydrogen) atoms. The topological polar surface area (TPSA) is 92.7 Å². The monoisotopic (exact) mass is 343 g/mol. The molecule has 0 aromatic carbocycles. The lowest BCUT2D eigenvalue weighted by Gasteiger charge is -2.16. The van der Waals surface area contributed by atoms with Crippen LogP contribution >= 0.6 is 22.6 Å². The number of amides is 1. The van der Waals surface area contributed by atoms with Crippen molar-refractivity contribution in [2.45, 2.75) is 32.4 Å². The van der Waals surface area contributed by atoms with Crippen LogP contribution in [0.3, 0.4) is 0 Å². The highest BCUT2D eigenvalue weighted by Crippen LogP contribution is 2.00. The van der Waals surface area contributed by atoms with Gasteiger partial charge in [0, 0.05) is 0 Å². The number of rotatable bonds is 6. The number of halogens is 1. The zero-order valence-corrected chi connectivity index (χ0v) is 11.2. The van der Waals surface area contributed by atoms with Crippen molar-refractivity contribution in [3.63, 3.8) is 0 Å². The van der Waals surface area contributed by atoms with E-state index in [0.29, 0.717) is 6.42 Å². The van der Waals surface area contributed by atoms with Gasteiger partial charge < -0.3 is 15.2 Å². The van der Waals surface area contributed by atoms with E-state index in [4.69, 9.17) is 9.84 Å². The molecule has 0 rings (SSSR count). The summed E-state index contributed by atoms with van der Waals surface area (Å²) in [4.78, 5) is 33.1.